The number of carbonyl (C=O) groups is 2. The topological polar surface area (TPSA) is 56.3 Å². The summed E-state index contributed by atoms with van der Waals surface area (Å²) in [4.78, 5) is 39.5. The predicted molar refractivity (Wildman–Crippen MR) is 174 cm³/mol. The molecule has 7 heteroatoms. The van der Waals surface area contributed by atoms with E-state index in [0.717, 1.165) is 41.0 Å². The van der Waals surface area contributed by atoms with Crippen LogP contribution >= 0.6 is 0 Å². The summed E-state index contributed by atoms with van der Waals surface area (Å²) < 4.78 is 5.62. The molecule has 4 heterocycles. The number of anilines is 1. The molecule has 0 saturated carbocycles. The number of piperidine rings is 1. The number of rotatable bonds is 4. The number of Topliss-reactive ketones (excluding diaryl/α,β-unsaturated/α-hetero) is 1. The summed E-state index contributed by atoms with van der Waals surface area (Å²) in [5.41, 5.74) is 4.88. The van der Waals surface area contributed by atoms with Crippen molar-refractivity contribution in [2.45, 2.75) is 25.3 Å². The van der Waals surface area contributed by atoms with Crippen LogP contribution in [0.15, 0.2) is 78.4 Å². The van der Waals surface area contributed by atoms with Gasteiger partial charge in [-0.15, -0.1) is 0 Å². The van der Waals surface area contributed by atoms with E-state index in [1.54, 1.807) is 0 Å². The normalized spacial score (nSPS) is 29.0. The number of amides is 1. The molecule has 0 bridgehead atoms. The Bertz CT molecular complexity index is 1610. The monoisotopic (exact) mass is 590 g/mol. The Morgan fingerprint density at radius 2 is 1.55 bits per heavy atom. The Kier molecular flexibility index (Phi) is 7.33. The second-order valence-corrected chi connectivity index (χ2v) is 13.2. The van der Waals surface area contributed by atoms with Crippen LogP contribution in [0.5, 0.6) is 0 Å². The highest BCUT2D eigenvalue weighted by atomic mass is 16.5. The van der Waals surface area contributed by atoms with Crippen molar-refractivity contribution in [1.82, 2.24) is 14.7 Å². The van der Waals surface area contributed by atoms with Gasteiger partial charge in [0.15, 0.2) is 5.78 Å². The van der Waals surface area contributed by atoms with E-state index in [4.69, 9.17) is 4.74 Å². The van der Waals surface area contributed by atoms with Gasteiger partial charge in [-0.3, -0.25) is 24.3 Å². The third kappa shape index (κ3) is 4.32. The third-order valence-corrected chi connectivity index (χ3v) is 10.4. The van der Waals surface area contributed by atoms with Crippen molar-refractivity contribution >= 4 is 23.5 Å². The van der Waals surface area contributed by atoms with Crippen molar-refractivity contribution in [2.24, 2.45) is 5.41 Å². The second-order valence-electron chi connectivity index (χ2n) is 13.2. The molecule has 3 fully saturated rings. The molecule has 7 rings (SSSR count). The summed E-state index contributed by atoms with van der Waals surface area (Å²) in [5.74, 6) is -0.0896. The van der Waals surface area contributed by atoms with E-state index in [1.807, 2.05) is 30.2 Å². The summed E-state index contributed by atoms with van der Waals surface area (Å²) in [7, 11) is 4.14. The lowest BCUT2D eigenvalue weighted by molar-refractivity contribution is -0.148. The molecule has 4 aliphatic rings. The number of benzene rings is 3. The zero-order valence-electron chi connectivity index (χ0n) is 26.3. The largest absolute Gasteiger partial charge is 0.379 e. The van der Waals surface area contributed by atoms with Gasteiger partial charge in [0.2, 0.25) is 0 Å². The first-order valence-electron chi connectivity index (χ1n) is 15.8. The van der Waals surface area contributed by atoms with Crippen LogP contribution in [-0.4, -0.2) is 93.1 Å². The number of morpholine rings is 1. The Morgan fingerprint density at radius 3 is 2.25 bits per heavy atom. The fraction of sp³-hybridized carbons (Fsp3) is 0.405. The molecule has 4 aliphatic heterocycles. The van der Waals surface area contributed by atoms with Crippen LogP contribution in [0.2, 0.25) is 0 Å². The highest BCUT2D eigenvalue weighted by Crippen LogP contribution is 2.65. The summed E-state index contributed by atoms with van der Waals surface area (Å²) in [6.45, 7) is 9.14. The van der Waals surface area contributed by atoms with Gasteiger partial charge >= 0.3 is 0 Å². The molecule has 0 aliphatic carbocycles. The molecule has 1 amide bonds. The van der Waals surface area contributed by atoms with Crippen LogP contribution in [0.4, 0.5) is 5.69 Å². The van der Waals surface area contributed by atoms with Crippen LogP contribution < -0.4 is 4.90 Å². The quantitative estimate of drug-likeness (QED) is 0.419. The van der Waals surface area contributed by atoms with Gasteiger partial charge in [0.25, 0.3) is 5.91 Å². The molecule has 0 aromatic heterocycles. The second kappa shape index (κ2) is 11.1. The van der Waals surface area contributed by atoms with Gasteiger partial charge in [0, 0.05) is 49.8 Å². The van der Waals surface area contributed by atoms with Gasteiger partial charge in [-0.05, 0) is 51.2 Å². The zero-order chi connectivity index (χ0) is 30.6. The maximum Gasteiger partial charge on any atom is 0.254 e. The molecular formula is C37H42N4O3. The van der Waals surface area contributed by atoms with E-state index >= 15 is 9.59 Å². The number of hydrogen-bond donors (Lipinski definition) is 0. The maximum absolute atomic E-state index is 15.5. The first kappa shape index (κ1) is 29.1. The van der Waals surface area contributed by atoms with Crippen molar-refractivity contribution in [2.75, 3.05) is 71.6 Å². The molecule has 3 aromatic carbocycles. The summed E-state index contributed by atoms with van der Waals surface area (Å²) >= 11 is 0. The number of hydrogen-bond acceptors (Lipinski definition) is 6. The van der Waals surface area contributed by atoms with Crippen molar-refractivity contribution < 1.29 is 14.3 Å². The minimum atomic E-state index is -1.15. The number of fused-ring (bicyclic) bond motifs is 3. The van der Waals surface area contributed by atoms with Crippen LogP contribution in [0, 0.1) is 19.3 Å². The van der Waals surface area contributed by atoms with E-state index in [0.29, 0.717) is 39.5 Å². The van der Waals surface area contributed by atoms with E-state index in [9.17, 15) is 0 Å². The molecule has 0 unspecified atom stereocenters. The number of carbonyl (C=O) groups excluding carboxylic acids is 2. The van der Waals surface area contributed by atoms with Gasteiger partial charge in [0.1, 0.15) is 5.54 Å². The minimum Gasteiger partial charge on any atom is -0.379 e. The molecule has 2 spiro atoms. The van der Waals surface area contributed by atoms with E-state index in [1.165, 1.54) is 11.1 Å². The Labute approximate surface area is 260 Å². The number of nitrogens with zero attached hydrogens (tertiary/aromatic N) is 4. The minimum absolute atomic E-state index is 0.000592. The zero-order valence-corrected chi connectivity index (χ0v) is 26.3. The van der Waals surface area contributed by atoms with Crippen LogP contribution in [-0.2, 0) is 19.9 Å². The first-order valence-corrected chi connectivity index (χ1v) is 15.8. The standard InChI is InChI=1S/C37H42N4O3/c1-26-9-13-28(14-10-26)21-30-22-38(3)24-36(34(30)42)32(29-15-11-27(2)12-16-29)23-39(4)37(36)31-7-5-6-8-33(31)41(35(37)43)25-40-17-19-44-20-18-40/h5-16,21,32H,17-20,22-25H2,1-4H3/b30-21+/t32-,36+,37+/m0/s1. The number of aryl methyl sites for hydroxylation is 2. The molecule has 228 valence electrons. The van der Waals surface area contributed by atoms with Gasteiger partial charge in [0.05, 0.1) is 31.0 Å². The molecule has 3 aromatic rings. The molecular weight excluding hydrogens is 548 g/mol. The van der Waals surface area contributed by atoms with Gasteiger partial charge in [-0.25, -0.2) is 0 Å². The van der Waals surface area contributed by atoms with Crippen LogP contribution in [0.1, 0.15) is 33.7 Å². The van der Waals surface area contributed by atoms with Gasteiger partial charge in [-0.2, -0.15) is 0 Å². The lowest BCUT2D eigenvalue weighted by Gasteiger charge is -2.51. The van der Waals surface area contributed by atoms with E-state index in [-0.39, 0.29) is 17.6 Å². The fourth-order valence-corrected chi connectivity index (χ4v) is 8.39. The van der Waals surface area contributed by atoms with Gasteiger partial charge < -0.3 is 9.64 Å². The Hall–Kier alpha value is -3.62. The average molecular weight is 591 g/mol. The maximum atomic E-state index is 15.5. The van der Waals surface area contributed by atoms with E-state index < -0.39 is 11.0 Å². The van der Waals surface area contributed by atoms with Crippen LogP contribution in [0.3, 0.4) is 0 Å². The number of likely N-dealkylation sites (N-methyl/N-ethyl adjacent to an activating group) is 2. The summed E-state index contributed by atoms with van der Waals surface area (Å²) in [5, 5.41) is 0. The molecule has 3 saturated heterocycles. The summed E-state index contributed by atoms with van der Waals surface area (Å²) in [6.07, 6.45) is 2.05. The Morgan fingerprint density at radius 1 is 0.886 bits per heavy atom. The lowest BCUT2D eigenvalue weighted by atomic mass is 9.56. The fourth-order valence-electron chi connectivity index (χ4n) is 8.39. The average Bonchev–Trinajstić information content (AvgIpc) is 3.43. The number of ether oxygens (including phenoxy) is 1. The highest BCUT2D eigenvalue weighted by Gasteiger charge is 2.75. The van der Waals surface area contributed by atoms with Crippen LogP contribution in [0.25, 0.3) is 6.08 Å². The lowest BCUT2D eigenvalue weighted by Crippen LogP contribution is -2.66. The van der Waals surface area contributed by atoms with E-state index in [2.05, 4.69) is 96.3 Å². The smallest absolute Gasteiger partial charge is 0.254 e. The van der Waals surface area contributed by atoms with Gasteiger partial charge in [-0.1, -0.05) is 77.9 Å². The predicted octanol–water partition coefficient (Wildman–Crippen LogP) is 4.45. The van der Waals surface area contributed by atoms with Crippen molar-refractivity contribution in [3.8, 4) is 0 Å². The first-order chi connectivity index (χ1) is 21.3. The third-order valence-electron chi connectivity index (χ3n) is 10.4. The molecule has 0 N–H and O–H groups in total. The Balaban J connectivity index is 1.44. The SMILES string of the molecule is Cc1ccc(/C=C2\CN(C)C[C@]3(C2=O)[C@H](c2ccc(C)cc2)CN(C)[C@]32C(=O)N(CN3CCOCC3)c3ccccc32)cc1. The van der Waals surface area contributed by atoms with Crippen molar-refractivity contribution in [1.29, 1.82) is 0 Å². The molecule has 44 heavy (non-hydrogen) atoms. The highest BCUT2D eigenvalue weighted by molar-refractivity contribution is 6.16. The van der Waals surface area contributed by atoms with Crippen molar-refractivity contribution in [3.05, 3.63) is 106 Å². The molecule has 7 nitrogen and oxygen atoms in total. The summed E-state index contributed by atoms with van der Waals surface area (Å²) in [6, 6.07) is 25.1. The van der Waals surface area contributed by atoms with Crippen molar-refractivity contribution in [3.63, 3.8) is 0 Å². The number of para-hydroxylation sites is 1. The molecule has 3 atom stereocenters. The number of ketones is 1. The number of likely N-dealkylation sites (tertiary alicyclic amines) is 2. The molecule has 0 radical (unpaired) electrons.